The molecule has 0 fully saturated rings. The van der Waals surface area contributed by atoms with Crippen molar-refractivity contribution in [3.8, 4) is 0 Å². The second kappa shape index (κ2) is 2.49. The standard InChI is InChI=1S/C7H5I/c1-6-2-4-7(8)5-3-6/h1-5H. The summed E-state index contributed by atoms with van der Waals surface area (Å²) in [6, 6.07) is 7.75. The van der Waals surface area contributed by atoms with Crippen LogP contribution in [0.3, 0.4) is 0 Å². The Balaban J connectivity index is 3.03. The lowest BCUT2D eigenvalue weighted by Crippen LogP contribution is -1.69. The largest absolute Gasteiger partial charge is 0.0577 e. The Morgan fingerprint density at radius 3 is 2.00 bits per heavy atom. The average Bonchev–Trinajstić information content (AvgIpc) is 1.77. The van der Waals surface area contributed by atoms with E-state index < -0.39 is 0 Å². The maximum atomic E-state index is 5.42. The van der Waals surface area contributed by atoms with Crippen molar-refractivity contribution in [3.63, 3.8) is 0 Å². The first-order chi connectivity index (χ1) is 3.79. The molecule has 0 aliphatic heterocycles. The second-order valence-electron chi connectivity index (χ2n) is 1.55. The number of hydrogen-bond acceptors (Lipinski definition) is 0. The molecule has 0 aliphatic carbocycles. The molecule has 2 radical (unpaired) electrons. The summed E-state index contributed by atoms with van der Waals surface area (Å²) in [4.78, 5) is 0. The minimum Gasteiger partial charge on any atom is -0.0577 e. The van der Waals surface area contributed by atoms with E-state index >= 15 is 0 Å². The summed E-state index contributed by atoms with van der Waals surface area (Å²) in [5.74, 6) is 0. The molecule has 0 bridgehead atoms. The van der Waals surface area contributed by atoms with Crippen LogP contribution in [0.5, 0.6) is 0 Å². The van der Waals surface area contributed by atoms with Gasteiger partial charge < -0.3 is 0 Å². The van der Waals surface area contributed by atoms with Crippen LogP contribution in [0.15, 0.2) is 24.3 Å². The molecule has 40 valence electrons. The molecule has 0 amide bonds. The molecule has 1 rings (SSSR count). The van der Waals surface area contributed by atoms with Crippen LogP contribution in [-0.2, 0) is 0 Å². The van der Waals surface area contributed by atoms with Gasteiger partial charge >= 0.3 is 0 Å². The highest BCUT2D eigenvalue weighted by molar-refractivity contribution is 14.1. The van der Waals surface area contributed by atoms with E-state index in [0.717, 1.165) is 5.56 Å². The minimum absolute atomic E-state index is 0.824. The third-order valence-corrected chi connectivity index (χ3v) is 1.59. The van der Waals surface area contributed by atoms with Gasteiger partial charge in [-0.3, -0.25) is 0 Å². The zero-order valence-corrected chi connectivity index (χ0v) is 6.42. The van der Waals surface area contributed by atoms with Gasteiger partial charge in [-0.2, -0.15) is 0 Å². The van der Waals surface area contributed by atoms with Gasteiger partial charge in [-0.25, -0.2) is 0 Å². The van der Waals surface area contributed by atoms with Crippen LogP contribution in [0.25, 0.3) is 0 Å². The molecule has 0 saturated heterocycles. The van der Waals surface area contributed by atoms with E-state index in [1.165, 1.54) is 3.57 Å². The van der Waals surface area contributed by atoms with Crippen LogP contribution in [0.2, 0.25) is 0 Å². The Labute approximate surface area is 63.1 Å². The van der Waals surface area contributed by atoms with Crippen molar-refractivity contribution in [2.24, 2.45) is 0 Å². The van der Waals surface area contributed by atoms with Crippen molar-refractivity contribution >= 4 is 22.6 Å². The lowest BCUT2D eigenvalue weighted by molar-refractivity contribution is 1.57. The molecule has 0 nitrogen and oxygen atoms in total. The van der Waals surface area contributed by atoms with Crippen molar-refractivity contribution in [2.75, 3.05) is 0 Å². The zero-order valence-electron chi connectivity index (χ0n) is 4.26. The molecule has 0 unspecified atom stereocenters. The zero-order chi connectivity index (χ0) is 5.98. The lowest BCUT2D eigenvalue weighted by atomic mass is 10.2. The summed E-state index contributed by atoms with van der Waals surface area (Å²) in [7, 11) is 0. The van der Waals surface area contributed by atoms with E-state index in [9.17, 15) is 0 Å². The van der Waals surface area contributed by atoms with E-state index in [2.05, 4.69) is 22.6 Å². The number of benzene rings is 1. The molecule has 1 heteroatoms. The first kappa shape index (κ1) is 6.08. The molecule has 0 aromatic heterocycles. The van der Waals surface area contributed by atoms with Gasteiger partial charge in [-0.15, -0.1) is 0 Å². The van der Waals surface area contributed by atoms with Crippen molar-refractivity contribution in [1.29, 1.82) is 0 Å². The molecule has 1 aromatic carbocycles. The van der Waals surface area contributed by atoms with Gasteiger partial charge in [0.2, 0.25) is 0 Å². The highest BCUT2D eigenvalue weighted by Gasteiger charge is 1.81. The van der Waals surface area contributed by atoms with Gasteiger partial charge in [-0.05, 0) is 47.2 Å². The van der Waals surface area contributed by atoms with Gasteiger partial charge in [0, 0.05) is 3.57 Å². The molecule has 0 saturated carbocycles. The molecule has 8 heavy (non-hydrogen) atoms. The topological polar surface area (TPSA) is 0 Å². The van der Waals surface area contributed by atoms with Crippen LogP contribution in [0.1, 0.15) is 5.56 Å². The van der Waals surface area contributed by atoms with Crippen molar-refractivity contribution in [3.05, 3.63) is 40.3 Å². The normalized spacial score (nSPS) is 9.25. The third-order valence-electron chi connectivity index (χ3n) is 0.870. The maximum Gasteiger partial charge on any atom is 0.0130 e. The molecular weight excluding hydrogens is 211 g/mol. The van der Waals surface area contributed by atoms with Gasteiger partial charge in [-0.1, -0.05) is 12.1 Å². The summed E-state index contributed by atoms with van der Waals surface area (Å²) in [5, 5.41) is 0. The smallest absolute Gasteiger partial charge is 0.0130 e. The first-order valence-electron chi connectivity index (χ1n) is 2.30. The van der Waals surface area contributed by atoms with Gasteiger partial charge in [0.1, 0.15) is 0 Å². The molecule has 0 aliphatic rings. The number of rotatable bonds is 0. The fraction of sp³-hybridized carbons (Fsp3) is 0. The third kappa shape index (κ3) is 1.47. The molecule has 0 spiro atoms. The Morgan fingerprint density at radius 2 is 1.62 bits per heavy atom. The predicted octanol–water partition coefficient (Wildman–Crippen LogP) is 2.35. The van der Waals surface area contributed by atoms with Crippen LogP contribution in [-0.4, -0.2) is 0 Å². The molecule has 0 heterocycles. The van der Waals surface area contributed by atoms with Crippen LogP contribution in [0.4, 0.5) is 0 Å². The second-order valence-corrected chi connectivity index (χ2v) is 2.80. The first-order valence-corrected chi connectivity index (χ1v) is 3.38. The quantitative estimate of drug-likeness (QED) is 0.584. The predicted molar refractivity (Wildman–Crippen MR) is 42.6 cm³/mol. The van der Waals surface area contributed by atoms with Crippen molar-refractivity contribution in [1.82, 2.24) is 0 Å². The highest BCUT2D eigenvalue weighted by Crippen LogP contribution is 2.04. The molecular formula is C7H5I. The SMILES string of the molecule is [CH]c1ccc(I)cc1. The number of halogens is 1. The summed E-state index contributed by atoms with van der Waals surface area (Å²) in [6.45, 7) is 5.42. The summed E-state index contributed by atoms with van der Waals surface area (Å²) >= 11 is 2.24. The summed E-state index contributed by atoms with van der Waals surface area (Å²) in [6.07, 6.45) is 0. The Kier molecular flexibility index (Phi) is 1.89. The van der Waals surface area contributed by atoms with E-state index in [4.69, 9.17) is 6.92 Å². The van der Waals surface area contributed by atoms with Crippen LogP contribution in [0, 0.1) is 10.5 Å². The molecule has 0 atom stereocenters. The fourth-order valence-electron chi connectivity index (χ4n) is 0.463. The summed E-state index contributed by atoms with van der Waals surface area (Å²) < 4.78 is 1.22. The van der Waals surface area contributed by atoms with E-state index in [1.807, 2.05) is 24.3 Å². The lowest BCUT2D eigenvalue weighted by Gasteiger charge is -1.88. The van der Waals surface area contributed by atoms with E-state index in [1.54, 1.807) is 0 Å². The van der Waals surface area contributed by atoms with E-state index in [-0.39, 0.29) is 0 Å². The molecule has 0 N–H and O–H groups in total. The van der Waals surface area contributed by atoms with Gasteiger partial charge in [0.25, 0.3) is 0 Å². The fourth-order valence-corrected chi connectivity index (χ4v) is 0.822. The Bertz CT molecular complexity index is 143. The van der Waals surface area contributed by atoms with Crippen LogP contribution < -0.4 is 0 Å². The monoisotopic (exact) mass is 216 g/mol. The Morgan fingerprint density at radius 1 is 1.12 bits per heavy atom. The molecule has 1 aromatic rings. The highest BCUT2D eigenvalue weighted by atomic mass is 127. The minimum atomic E-state index is 0.824. The maximum absolute atomic E-state index is 5.42. The van der Waals surface area contributed by atoms with Crippen molar-refractivity contribution < 1.29 is 0 Å². The van der Waals surface area contributed by atoms with E-state index in [0.29, 0.717) is 0 Å². The number of hydrogen-bond donors (Lipinski definition) is 0. The van der Waals surface area contributed by atoms with Gasteiger partial charge in [0.05, 0.1) is 0 Å². The van der Waals surface area contributed by atoms with Crippen molar-refractivity contribution in [2.45, 2.75) is 0 Å². The average molecular weight is 216 g/mol. The summed E-state index contributed by atoms with van der Waals surface area (Å²) in [5.41, 5.74) is 0.824. The van der Waals surface area contributed by atoms with Crippen LogP contribution >= 0.6 is 22.6 Å². The Hall–Kier alpha value is -0.0500. The van der Waals surface area contributed by atoms with Gasteiger partial charge in [0.15, 0.2) is 0 Å².